The van der Waals surface area contributed by atoms with Gasteiger partial charge >= 0.3 is 6.03 Å². The van der Waals surface area contributed by atoms with Crippen LogP contribution in [0, 0.1) is 0 Å². The van der Waals surface area contributed by atoms with E-state index < -0.39 is 0 Å². The number of urea groups is 1. The average Bonchev–Trinajstić information content (AvgIpc) is 2.80. The smallest absolute Gasteiger partial charge is 0.295 e. The van der Waals surface area contributed by atoms with Gasteiger partial charge in [-0.15, -0.1) is 0 Å². The first-order valence-corrected chi connectivity index (χ1v) is 6.63. The van der Waals surface area contributed by atoms with Crippen LogP contribution in [0.5, 0.6) is 0 Å². The number of fused-ring (bicyclic) bond motifs is 1. The van der Waals surface area contributed by atoms with Crippen molar-refractivity contribution in [1.29, 1.82) is 0 Å². The molecule has 5 nitrogen and oxygen atoms in total. The van der Waals surface area contributed by atoms with Crippen LogP contribution >= 0.6 is 0 Å². The second-order valence-electron chi connectivity index (χ2n) is 5.01. The molecular weight excluding hydrogens is 242 g/mol. The van der Waals surface area contributed by atoms with Gasteiger partial charge in [-0.1, -0.05) is 13.0 Å². The van der Waals surface area contributed by atoms with E-state index in [9.17, 15) is 9.59 Å². The first-order valence-electron chi connectivity index (χ1n) is 6.63. The molecule has 3 rings (SSSR count). The number of hydrogen-bond donors (Lipinski definition) is 1. The highest BCUT2D eigenvalue weighted by Crippen LogP contribution is 2.27. The Bertz CT molecular complexity index is 541. The van der Waals surface area contributed by atoms with E-state index >= 15 is 0 Å². The van der Waals surface area contributed by atoms with Gasteiger partial charge in [-0.25, -0.2) is 4.79 Å². The molecule has 0 radical (unpaired) electrons. The third-order valence-corrected chi connectivity index (χ3v) is 3.79. The first-order chi connectivity index (χ1) is 9.17. The number of hydrogen-bond acceptors (Lipinski definition) is 3. The lowest BCUT2D eigenvalue weighted by molar-refractivity contribution is -0.120. The molecule has 0 saturated carbocycles. The molecule has 1 saturated heterocycles. The van der Waals surface area contributed by atoms with Gasteiger partial charge in [-0.2, -0.15) is 0 Å². The van der Waals surface area contributed by atoms with Gasteiger partial charge in [-0.3, -0.25) is 19.9 Å². The maximum absolute atomic E-state index is 11.8. The monoisotopic (exact) mass is 259 g/mol. The summed E-state index contributed by atoms with van der Waals surface area (Å²) in [5.74, 6) is -0.195. The summed E-state index contributed by atoms with van der Waals surface area (Å²) in [4.78, 5) is 27.0. The fraction of sp³-hybridized carbons (Fsp3) is 0.429. The summed E-state index contributed by atoms with van der Waals surface area (Å²) in [5, 5.41) is 2.35. The number of nitrogens with one attached hydrogen (secondary N) is 1. The van der Waals surface area contributed by atoms with Crippen molar-refractivity contribution >= 4 is 17.6 Å². The fourth-order valence-electron chi connectivity index (χ4n) is 2.65. The van der Waals surface area contributed by atoms with Crippen molar-refractivity contribution in [3.05, 3.63) is 29.3 Å². The predicted molar refractivity (Wildman–Crippen MR) is 71.7 cm³/mol. The lowest BCUT2D eigenvalue weighted by atomic mass is 10.1. The molecule has 2 heterocycles. The van der Waals surface area contributed by atoms with Crippen molar-refractivity contribution < 1.29 is 9.59 Å². The molecule has 100 valence electrons. The zero-order valence-corrected chi connectivity index (χ0v) is 11.0. The summed E-state index contributed by atoms with van der Waals surface area (Å²) in [5.41, 5.74) is 3.49. The van der Waals surface area contributed by atoms with Crippen LogP contribution in [0.3, 0.4) is 0 Å². The average molecular weight is 259 g/mol. The van der Waals surface area contributed by atoms with E-state index in [-0.39, 0.29) is 11.9 Å². The Morgan fingerprint density at radius 1 is 1.21 bits per heavy atom. The summed E-state index contributed by atoms with van der Waals surface area (Å²) in [6.07, 6.45) is 0.365. The van der Waals surface area contributed by atoms with E-state index in [4.69, 9.17) is 0 Å². The van der Waals surface area contributed by atoms with Crippen molar-refractivity contribution in [1.82, 2.24) is 10.2 Å². The van der Waals surface area contributed by atoms with Crippen LogP contribution in [0.4, 0.5) is 10.5 Å². The second-order valence-corrected chi connectivity index (χ2v) is 5.01. The number of amides is 3. The summed E-state index contributed by atoms with van der Waals surface area (Å²) in [7, 11) is 0. The molecule has 0 bridgehead atoms. The molecular formula is C14H17N3O2. The Labute approximate surface area is 112 Å². The first kappa shape index (κ1) is 12.2. The van der Waals surface area contributed by atoms with Crippen molar-refractivity contribution in [2.45, 2.75) is 26.4 Å². The molecule has 0 atom stereocenters. The Morgan fingerprint density at radius 2 is 2.00 bits per heavy atom. The van der Waals surface area contributed by atoms with E-state index in [0.29, 0.717) is 13.0 Å². The summed E-state index contributed by atoms with van der Waals surface area (Å²) >= 11 is 0. The van der Waals surface area contributed by atoms with Gasteiger partial charge in [0.25, 0.3) is 0 Å². The molecule has 1 fully saturated rings. The van der Waals surface area contributed by atoms with Gasteiger partial charge in [0.05, 0.1) is 0 Å². The maximum Gasteiger partial charge on any atom is 0.328 e. The summed E-state index contributed by atoms with van der Waals surface area (Å²) in [6, 6.07) is 5.80. The lowest BCUT2D eigenvalue weighted by Gasteiger charge is -2.26. The largest absolute Gasteiger partial charge is 0.328 e. The van der Waals surface area contributed by atoms with E-state index in [1.165, 1.54) is 11.1 Å². The minimum absolute atomic E-state index is 0.195. The number of rotatable bonds is 2. The normalized spacial score (nSPS) is 19.5. The highest BCUT2D eigenvalue weighted by Gasteiger charge is 2.25. The van der Waals surface area contributed by atoms with Gasteiger partial charge < -0.3 is 0 Å². The Balaban J connectivity index is 1.84. The van der Waals surface area contributed by atoms with E-state index in [2.05, 4.69) is 29.3 Å². The van der Waals surface area contributed by atoms with Crippen LogP contribution in [0.1, 0.15) is 24.5 Å². The van der Waals surface area contributed by atoms with Gasteiger partial charge in [0.2, 0.25) is 5.91 Å². The van der Waals surface area contributed by atoms with Gasteiger partial charge in [0.1, 0.15) is 0 Å². The Morgan fingerprint density at radius 3 is 2.74 bits per heavy atom. The van der Waals surface area contributed by atoms with E-state index in [0.717, 1.165) is 25.3 Å². The molecule has 0 unspecified atom stereocenters. The maximum atomic E-state index is 11.8. The van der Waals surface area contributed by atoms with Crippen LogP contribution in [0.15, 0.2) is 18.2 Å². The minimum Gasteiger partial charge on any atom is -0.295 e. The van der Waals surface area contributed by atoms with Gasteiger partial charge in [0, 0.05) is 31.7 Å². The molecule has 0 spiro atoms. The number of anilines is 1. The van der Waals surface area contributed by atoms with Crippen molar-refractivity contribution in [3.8, 4) is 0 Å². The number of carbonyl (C=O) groups excluding carboxylic acids is 2. The van der Waals surface area contributed by atoms with Crippen LogP contribution in [-0.4, -0.2) is 29.9 Å². The molecule has 19 heavy (non-hydrogen) atoms. The van der Waals surface area contributed by atoms with Crippen LogP contribution < -0.4 is 10.2 Å². The lowest BCUT2D eigenvalue weighted by Crippen LogP contribution is -2.49. The number of imide groups is 1. The van der Waals surface area contributed by atoms with Crippen LogP contribution in [0.2, 0.25) is 0 Å². The predicted octanol–water partition coefficient (Wildman–Crippen LogP) is 1.47. The topological polar surface area (TPSA) is 52.6 Å². The standard InChI is InChI=1S/C14H17N3O2/c1-2-16-8-10-3-4-12(7-11(10)9-16)17-6-5-13(18)15-14(17)19/h3-4,7H,2,5-6,8-9H2,1H3,(H,15,18,19). The third-order valence-electron chi connectivity index (χ3n) is 3.79. The molecule has 3 amide bonds. The minimum atomic E-state index is -0.318. The van der Waals surface area contributed by atoms with Gasteiger partial charge in [0.15, 0.2) is 0 Å². The number of benzene rings is 1. The quantitative estimate of drug-likeness (QED) is 0.875. The Kier molecular flexibility index (Phi) is 2.98. The molecule has 1 aromatic carbocycles. The molecule has 2 aliphatic heterocycles. The third kappa shape index (κ3) is 2.21. The molecule has 2 aliphatic rings. The van der Waals surface area contributed by atoms with Crippen LogP contribution in [-0.2, 0) is 17.9 Å². The molecule has 0 aliphatic carbocycles. The zero-order valence-electron chi connectivity index (χ0n) is 11.0. The molecule has 5 heteroatoms. The van der Waals surface area contributed by atoms with Crippen LogP contribution in [0.25, 0.3) is 0 Å². The van der Waals surface area contributed by atoms with Crippen molar-refractivity contribution in [2.75, 3.05) is 18.0 Å². The fourth-order valence-corrected chi connectivity index (χ4v) is 2.65. The molecule has 1 aromatic rings. The highest BCUT2D eigenvalue weighted by molar-refractivity contribution is 6.05. The van der Waals surface area contributed by atoms with Crippen molar-refractivity contribution in [3.63, 3.8) is 0 Å². The van der Waals surface area contributed by atoms with E-state index in [1.54, 1.807) is 4.90 Å². The summed E-state index contributed by atoms with van der Waals surface area (Å²) < 4.78 is 0. The highest BCUT2D eigenvalue weighted by atomic mass is 16.2. The van der Waals surface area contributed by atoms with Gasteiger partial charge in [-0.05, 0) is 29.8 Å². The van der Waals surface area contributed by atoms with E-state index in [1.807, 2.05) is 6.07 Å². The number of nitrogens with zero attached hydrogens (tertiary/aromatic N) is 2. The molecule has 1 N–H and O–H groups in total. The summed E-state index contributed by atoms with van der Waals surface area (Å²) in [6.45, 7) is 5.56. The number of carbonyl (C=O) groups is 2. The Hall–Kier alpha value is -1.88. The molecule has 0 aromatic heterocycles. The SMILES string of the molecule is CCN1Cc2ccc(N3CCC(=O)NC3=O)cc2C1. The van der Waals surface area contributed by atoms with Crippen molar-refractivity contribution in [2.24, 2.45) is 0 Å². The second kappa shape index (κ2) is 4.66. The zero-order chi connectivity index (χ0) is 13.4.